The standard InChI is InChI=1S/C18H26N2O2.ClH/c1-3-13(2)22-17-8-4-14(5-9-17)18(21)20-11-10-15-6-7-16(12-20)19-15;/h4-5,8-9,13,15-16,19H,3,6-7,10-12H2,1-2H3;1H. The number of rotatable bonds is 4. The van der Waals surface area contributed by atoms with Gasteiger partial charge >= 0.3 is 0 Å². The molecule has 5 heteroatoms. The fourth-order valence-electron chi connectivity index (χ4n) is 3.30. The number of ether oxygens (including phenoxy) is 1. The predicted octanol–water partition coefficient (Wildman–Crippen LogP) is 3.25. The fourth-order valence-corrected chi connectivity index (χ4v) is 3.30. The average molecular weight is 339 g/mol. The Morgan fingerprint density at radius 3 is 2.65 bits per heavy atom. The first-order valence-corrected chi connectivity index (χ1v) is 8.47. The minimum absolute atomic E-state index is 0. The molecule has 3 atom stereocenters. The normalized spacial score (nSPS) is 24.5. The van der Waals surface area contributed by atoms with Gasteiger partial charge in [-0.05, 0) is 56.9 Å². The fraction of sp³-hybridized carbons (Fsp3) is 0.611. The van der Waals surface area contributed by atoms with Crippen LogP contribution in [0, 0.1) is 0 Å². The number of hydrogen-bond acceptors (Lipinski definition) is 3. The van der Waals surface area contributed by atoms with Gasteiger partial charge in [-0.25, -0.2) is 0 Å². The molecule has 1 N–H and O–H groups in total. The lowest BCUT2D eigenvalue weighted by Gasteiger charge is -2.24. The van der Waals surface area contributed by atoms with Crippen LogP contribution in [0.15, 0.2) is 24.3 Å². The lowest BCUT2D eigenvalue weighted by molar-refractivity contribution is 0.0748. The molecule has 3 rings (SSSR count). The van der Waals surface area contributed by atoms with E-state index in [-0.39, 0.29) is 24.4 Å². The smallest absolute Gasteiger partial charge is 0.253 e. The minimum Gasteiger partial charge on any atom is -0.491 e. The first-order chi connectivity index (χ1) is 10.7. The highest BCUT2D eigenvalue weighted by molar-refractivity contribution is 5.94. The second kappa shape index (κ2) is 8.02. The van der Waals surface area contributed by atoms with E-state index in [4.69, 9.17) is 4.74 Å². The Balaban J connectivity index is 0.00000192. The Morgan fingerprint density at radius 2 is 1.96 bits per heavy atom. The highest BCUT2D eigenvalue weighted by Gasteiger charge is 2.31. The Hall–Kier alpha value is -1.26. The molecule has 3 unspecified atom stereocenters. The number of nitrogens with zero attached hydrogens (tertiary/aromatic N) is 1. The number of amides is 1. The zero-order valence-electron chi connectivity index (χ0n) is 14.0. The SMILES string of the molecule is CCC(C)Oc1ccc(C(=O)N2CCC3CCC(C2)N3)cc1.Cl. The van der Waals surface area contributed by atoms with Crippen molar-refractivity contribution >= 4 is 18.3 Å². The van der Waals surface area contributed by atoms with Gasteiger partial charge in [0.2, 0.25) is 0 Å². The van der Waals surface area contributed by atoms with Gasteiger partial charge in [-0.2, -0.15) is 0 Å². The van der Waals surface area contributed by atoms with E-state index in [0.29, 0.717) is 12.1 Å². The number of halogens is 1. The quantitative estimate of drug-likeness (QED) is 0.916. The highest BCUT2D eigenvalue weighted by atomic mass is 35.5. The molecule has 1 amide bonds. The maximum Gasteiger partial charge on any atom is 0.253 e. The van der Waals surface area contributed by atoms with Crippen molar-refractivity contribution < 1.29 is 9.53 Å². The van der Waals surface area contributed by atoms with Crippen molar-refractivity contribution in [3.05, 3.63) is 29.8 Å². The lowest BCUT2D eigenvalue weighted by Crippen LogP contribution is -2.39. The van der Waals surface area contributed by atoms with E-state index in [1.54, 1.807) is 0 Å². The topological polar surface area (TPSA) is 41.6 Å². The number of hydrogen-bond donors (Lipinski definition) is 1. The molecule has 0 radical (unpaired) electrons. The molecule has 0 aliphatic carbocycles. The van der Waals surface area contributed by atoms with Crippen molar-refractivity contribution in [2.75, 3.05) is 13.1 Å². The summed E-state index contributed by atoms with van der Waals surface area (Å²) in [6.07, 6.45) is 4.69. The third-order valence-electron chi connectivity index (χ3n) is 4.82. The molecule has 23 heavy (non-hydrogen) atoms. The zero-order valence-corrected chi connectivity index (χ0v) is 14.8. The Morgan fingerprint density at radius 1 is 1.26 bits per heavy atom. The predicted molar refractivity (Wildman–Crippen MR) is 94.5 cm³/mol. The summed E-state index contributed by atoms with van der Waals surface area (Å²) in [5.41, 5.74) is 0.759. The second-order valence-corrected chi connectivity index (χ2v) is 6.54. The molecule has 2 heterocycles. The molecule has 0 saturated carbocycles. The maximum atomic E-state index is 12.7. The van der Waals surface area contributed by atoms with Crippen LogP contribution in [-0.2, 0) is 0 Å². The van der Waals surface area contributed by atoms with Crippen LogP contribution in [0.5, 0.6) is 5.75 Å². The molecule has 128 valence electrons. The summed E-state index contributed by atoms with van der Waals surface area (Å²) in [5.74, 6) is 0.979. The number of nitrogens with one attached hydrogen (secondary N) is 1. The molecule has 2 aliphatic heterocycles. The first kappa shape index (κ1) is 18.1. The van der Waals surface area contributed by atoms with E-state index in [0.717, 1.165) is 37.2 Å². The van der Waals surface area contributed by atoms with Crippen molar-refractivity contribution in [3.8, 4) is 5.75 Å². The highest BCUT2D eigenvalue weighted by Crippen LogP contribution is 2.22. The van der Waals surface area contributed by atoms with Gasteiger partial charge in [0.05, 0.1) is 6.10 Å². The summed E-state index contributed by atoms with van der Waals surface area (Å²) in [6, 6.07) is 8.66. The number of likely N-dealkylation sites (tertiary alicyclic amines) is 1. The number of benzene rings is 1. The Kier molecular flexibility index (Phi) is 6.31. The second-order valence-electron chi connectivity index (χ2n) is 6.54. The number of carbonyl (C=O) groups is 1. The monoisotopic (exact) mass is 338 g/mol. The summed E-state index contributed by atoms with van der Waals surface area (Å²) in [7, 11) is 0. The zero-order chi connectivity index (χ0) is 15.5. The molecule has 2 aliphatic rings. The molecule has 1 aromatic rings. The van der Waals surface area contributed by atoms with Crippen LogP contribution in [0.3, 0.4) is 0 Å². The van der Waals surface area contributed by atoms with Crippen LogP contribution in [0.1, 0.15) is 49.9 Å². The van der Waals surface area contributed by atoms with Crippen LogP contribution in [0.4, 0.5) is 0 Å². The van der Waals surface area contributed by atoms with Crippen LogP contribution in [0.2, 0.25) is 0 Å². The molecular weight excluding hydrogens is 312 g/mol. The van der Waals surface area contributed by atoms with E-state index in [1.165, 1.54) is 12.8 Å². The van der Waals surface area contributed by atoms with Gasteiger partial charge in [0.15, 0.2) is 0 Å². The van der Waals surface area contributed by atoms with Gasteiger partial charge < -0.3 is 15.0 Å². The van der Waals surface area contributed by atoms with Crippen molar-refractivity contribution in [2.45, 2.75) is 57.7 Å². The first-order valence-electron chi connectivity index (χ1n) is 8.47. The Labute approximate surface area is 145 Å². The minimum atomic E-state index is 0. The maximum absolute atomic E-state index is 12.7. The van der Waals surface area contributed by atoms with Gasteiger partial charge in [0, 0.05) is 30.7 Å². The van der Waals surface area contributed by atoms with Crippen LogP contribution < -0.4 is 10.1 Å². The molecule has 0 aromatic heterocycles. The molecule has 2 bridgehead atoms. The Bertz CT molecular complexity index is 520. The van der Waals surface area contributed by atoms with E-state index < -0.39 is 0 Å². The third kappa shape index (κ3) is 4.39. The van der Waals surface area contributed by atoms with Crippen molar-refractivity contribution in [1.29, 1.82) is 0 Å². The summed E-state index contributed by atoms with van der Waals surface area (Å²) in [5, 5.41) is 3.61. The third-order valence-corrected chi connectivity index (χ3v) is 4.82. The molecule has 0 spiro atoms. The molecule has 2 saturated heterocycles. The molecule has 2 fully saturated rings. The van der Waals surface area contributed by atoms with Crippen LogP contribution >= 0.6 is 12.4 Å². The van der Waals surface area contributed by atoms with Crippen LogP contribution in [0.25, 0.3) is 0 Å². The van der Waals surface area contributed by atoms with E-state index in [2.05, 4.69) is 19.2 Å². The number of fused-ring (bicyclic) bond motifs is 2. The largest absolute Gasteiger partial charge is 0.491 e. The average Bonchev–Trinajstić information content (AvgIpc) is 2.86. The summed E-state index contributed by atoms with van der Waals surface area (Å²) >= 11 is 0. The van der Waals surface area contributed by atoms with Crippen molar-refractivity contribution in [3.63, 3.8) is 0 Å². The van der Waals surface area contributed by atoms with Gasteiger partial charge in [0.25, 0.3) is 5.91 Å². The van der Waals surface area contributed by atoms with E-state index >= 15 is 0 Å². The van der Waals surface area contributed by atoms with E-state index in [1.807, 2.05) is 29.2 Å². The van der Waals surface area contributed by atoms with E-state index in [9.17, 15) is 4.79 Å². The molecule has 1 aromatic carbocycles. The summed E-state index contributed by atoms with van der Waals surface area (Å²) < 4.78 is 5.77. The summed E-state index contributed by atoms with van der Waals surface area (Å²) in [4.78, 5) is 14.7. The number of carbonyl (C=O) groups excluding carboxylic acids is 1. The van der Waals surface area contributed by atoms with Crippen LogP contribution in [-0.4, -0.2) is 42.1 Å². The van der Waals surface area contributed by atoms with Gasteiger partial charge in [-0.3, -0.25) is 4.79 Å². The summed E-state index contributed by atoms with van der Waals surface area (Å²) in [6.45, 7) is 5.85. The van der Waals surface area contributed by atoms with Crippen molar-refractivity contribution in [2.24, 2.45) is 0 Å². The van der Waals surface area contributed by atoms with Gasteiger partial charge in [-0.15, -0.1) is 12.4 Å². The molecular formula is C18H27ClN2O2. The van der Waals surface area contributed by atoms with Gasteiger partial charge in [0.1, 0.15) is 5.75 Å². The lowest BCUT2D eigenvalue weighted by atomic mass is 10.1. The molecule has 4 nitrogen and oxygen atoms in total. The van der Waals surface area contributed by atoms with Gasteiger partial charge in [-0.1, -0.05) is 6.92 Å². The van der Waals surface area contributed by atoms with Crippen molar-refractivity contribution in [1.82, 2.24) is 10.2 Å².